The van der Waals surface area contributed by atoms with Gasteiger partial charge in [0.15, 0.2) is 0 Å². The molecule has 0 bridgehead atoms. The van der Waals surface area contributed by atoms with E-state index in [4.69, 9.17) is 11.0 Å². The van der Waals surface area contributed by atoms with Gasteiger partial charge in [-0.1, -0.05) is 19.3 Å². The van der Waals surface area contributed by atoms with Crippen molar-refractivity contribution >= 4 is 0 Å². The smallest absolute Gasteiger partial charge is 0.0507 e. The summed E-state index contributed by atoms with van der Waals surface area (Å²) in [6, 6.07) is 0.221. The third kappa shape index (κ3) is 1.93. The van der Waals surface area contributed by atoms with Crippen LogP contribution in [0.15, 0.2) is 0 Å². The van der Waals surface area contributed by atoms with Crippen LogP contribution in [0.3, 0.4) is 0 Å². The standard InChI is InChI=1S/C6H14N2O/c7-8(9)6-4-2-1-3-5-6/h6,9H,1-5,7H2. The molecular formula is C6H14N2O. The molecule has 0 aliphatic heterocycles. The van der Waals surface area contributed by atoms with Crippen molar-refractivity contribution in [1.82, 2.24) is 5.17 Å². The maximum Gasteiger partial charge on any atom is 0.0507 e. The van der Waals surface area contributed by atoms with E-state index in [1.54, 1.807) is 0 Å². The molecule has 1 fully saturated rings. The fourth-order valence-corrected chi connectivity index (χ4v) is 1.35. The van der Waals surface area contributed by atoms with E-state index in [2.05, 4.69) is 0 Å². The van der Waals surface area contributed by atoms with Crippen molar-refractivity contribution in [3.8, 4) is 0 Å². The lowest BCUT2D eigenvalue weighted by atomic mass is 9.96. The van der Waals surface area contributed by atoms with Crippen LogP contribution in [-0.2, 0) is 0 Å². The Morgan fingerprint density at radius 1 is 1.22 bits per heavy atom. The molecule has 1 aliphatic rings. The molecule has 3 N–H and O–H groups in total. The highest BCUT2D eigenvalue weighted by molar-refractivity contribution is 4.67. The summed E-state index contributed by atoms with van der Waals surface area (Å²) in [5.41, 5.74) is 0. The molecule has 0 aromatic heterocycles. The molecule has 0 saturated heterocycles. The highest BCUT2D eigenvalue weighted by Crippen LogP contribution is 2.19. The minimum absolute atomic E-state index is 0.221. The first-order valence-corrected chi connectivity index (χ1v) is 3.53. The SMILES string of the molecule is NN(O)C1CCCCC1. The van der Waals surface area contributed by atoms with E-state index in [-0.39, 0.29) is 6.04 Å². The zero-order valence-electron chi connectivity index (χ0n) is 5.58. The van der Waals surface area contributed by atoms with Gasteiger partial charge < -0.3 is 0 Å². The molecule has 3 nitrogen and oxygen atoms in total. The van der Waals surface area contributed by atoms with Crippen molar-refractivity contribution in [3.05, 3.63) is 0 Å². The van der Waals surface area contributed by atoms with Crippen LogP contribution < -0.4 is 5.84 Å². The zero-order valence-corrected chi connectivity index (χ0v) is 5.58. The summed E-state index contributed by atoms with van der Waals surface area (Å²) < 4.78 is 0. The molecule has 0 heterocycles. The monoisotopic (exact) mass is 130 g/mol. The van der Waals surface area contributed by atoms with Gasteiger partial charge in [0, 0.05) is 0 Å². The fraction of sp³-hybridized carbons (Fsp3) is 1.00. The van der Waals surface area contributed by atoms with Crippen LogP contribution in [-0.4, -0.2) is 16.4 Å². The quantitative estimate of drug-likeness (QED) is 0.409. The zero-order chi connectivity index (χ0) is 6.69. The van der Waals surface area contributed by atoms with Gasteiger partial charge in [0.2, 0.25) is 0 Å². The van der Waals surface area contributed by atoms with Gasteiger partial charge in [0.05, 0.1) is 6.04 Å². The number of hydroxylamine groups is 1. The topological polar surface area (TPSA) is 49.5 Å². The minimum Gasteiger partial charge on any atom is -0.299 e. The fourth-order valence-electron chi connectivity index (χ4n) is 1.35. The molecule has 3 heteroatoms. The largest absolute Gasteiger partial charge is 0.299 e. The van der Waals surface area contributed by atoms with E-state index >= 15 is 0 Å². The molecule has 0 atom stereocenters. The van der Waals surface area contributed by atoms with Crippen LogP contribution in [0.25, 0.3) is 0 Å². The Morgan fingerprint density at radius 3 is 2.11 bits per heavy atom. The second kappa shape index (κ2) is 3.15. The number of hydrogen-bond acceptors (Lipinski definition) is 3. The van der Waals surface area contributed by atoms with Gasteiger partial charge in [0.25, 0.3) is 0 Å². The molecule has 1 saturated carbocycles. The van der Waals surface area contributed by atoms with Crippen molar-refractivity contribution < 1.29 is 5.21 Å². The van der Waals surface area contributed by atoms with E-state index in [1.807, 2.05) is 0 Å². The third-order valence-corrected chi connectivity index (χ3v) is 1.95. The number of rotatable bonds is 1. The number of hydrogen-bond donors (Lipinski definition) is 2. The molecule has 1 aliphatic carbocycles. The summed E-state index contributed by atoms with van der Waals surface area (Å²) in [7, 11) is 0. The normalized spacial score (nSPS) is 23.0. The summed E-state index contributed by atoms with van der Waals surface area (Å²) in [5.74, 6) is 5.16. The van der Waals surface area contributed by atoms with Crippen LogP contribution in [0.4, 0.5) is 0 Å². The van der Waals surface area contributed by atoms with Crippen molar-refractivity contribution in [2.24, 2.45) is 5.84 Å². The van der Waals surface area contributed by atoms with Gasteiger partial charge in [-0.3, -0.25) is 5.21 Å². The first kappa shape index (κ1) is 6.99. The Labute approximate surface area is 55.4 Å². The van der Waals surface area contributed by atoms with Crippen LogP contribution in [0, 0.1) is 0 Å². The molecule has 0 amide bonds. The van der Waals surface area contributed by atoms with Gasteiger partial charge in [-0.05, 0) is 12.8 Å². The van der Waals surface area contributed by atoms with Crippen LogP contribution in [0.5, 0.6) is 0 Å². The van der Waals surface area contributed by atoms with Gasteiger partial charge in [-0.25, -0.2) is 5.84 Å². The molecule has 0 radical (unpaired) electrons. The minimum atomic E-state index is 0.221. The van der Waals surface area contributed by atoms with E-state index in [0.717, 1.165) is 18.0 Å². The van der Waals surface area contributed by atoms with E-state index < -0.39 is 0 Å². The van der Waals surface area contributed by atoms with Gasteiger partial charge in [0.1, 0.15) is 0 Å². The molecule has 54 valence electrons. The third-order valence-electron chi connectivity index (χ3n) is 1.95. The van der Waals surface area contributed by atoms with Crippen LogP contribution in [0.2, 0.25) is 0 Å². The summed E-state index contributed by atoms with van der Waals surface area (Å²) in [6.07, 6.45) is 5.81. The van der Waals surface area contributed by atoms with Gasteiger partial charge in [-0.2, -0.15) is 0 Å². The molecule has 0 aromatic carbocycles. The predicted octanol–water partition coefficient (Wildman–Crippen LogP) is 0.884. The molecule has 9 heavy (non-hydrogen) atoms. The first-order chi connectivity index (χ1) is 4.30. The summed E-state index contributed by atoms with van der Waals surface area (Å²) in [5, 5.41) is 9.65. The second-order valence-corrected chi connectivity index (χ2v) is 2.67. The van der Waals surface area contributed by atoms with Crippen LogP contribution >= 0.6 is 0 Å². The Kier molecular flexibility index (Phi) is 2.45. The predicted molar refractivity (Wildman–Crippen MR) is 34.7 cm³/mol. The molecule has 0 aromatic rings. The molecule has 0 unspecified atom stereocenters. The maximum atomic E-state index is 8.79. The summed E-state index contributed by atoms with van der Waals surface area (Å²) >= 11 is 0. The average molecular weight is 130 g/mol. The highest BCUT2D eigenvalue weighted by atomic mass is 16.5. The van der Waals surface area contributed by atoms with Crippen molar-refractivity contribution in [2.45, 2.75) is 38.1 Å². The highest BCUT2D eigenvalue weighted by Gasteiger charge is 2.16. The lowest BCUT2D eigenvalue weighted by molar-refractivity contribution is -0.137. The van der Waals surface area contributed by atoms with E-state index in [0.29, 0.717) is 0 Å². The average Bonchev–Trinajstić information content (AvgIpc) is 1.90. The lowest BCUT2D eigenvalue weighted by Gasteiger charge is -2.25. The van der Waals surface area contributed by atoms with E-state index in [9.17, 15) is 0 Å². The van der Waals surface area contributed by atoms with Crippen molar-refractivity contribution in [3.63, 3.8) is 0 Å². The number of hydrazine groups is 1. The lowest BCUT2D eigenvalue weighted by Crippen LogP contribution is -2.39. The van der Waals surface area contributed by atoms with Crippen molar-refractivity contribution in [2.75, 3.05) is 0 Å². The van der Waals surface area contributed by atoms with Gasteiger partial charge in [-0.15, -0.1) is 5.17 Å². The summed E-state index contributed by atoms with van der Waals surface area (Å²) in [4.78, 5) is 0. The Morgan fingerprint density at radius 2 is 1.78 bits per heavy atom. The molecule has 1 rings (SSSR count). The Balaban J connectivity index is 2.23. The summed E-state index contributed by atoms with van der Waals surface area (Å²) in [6.45, 7) is 0. The van der Waals surface area contributed by atoms with E-state index in [1.165, 1.54) is 19.3 Å². The van der Waals surface area contributed by atoms with Crippen molar-refractivity contribution in [1.29, 1.82) is 0 Å². The molecule has 0 spiro atoms. The Hall–Kier alpha value is -0.120. The second-order valence-electron chi connectivity index (χ2n) is 2.67. The molecular weight excluding hydrogens is 116 g/mol. The van der Waals surface area contributed by atoms with Gasteiger partial charge >= 0.3 is 0 Å². The first-order valence-electron chi connectivity index (χ1n) is 3.53. The van der Waals surface area contributed by atoms with Crippen LogP contribution in [0.1, 0.15) is 32.1 Å². The maximum absolute atomic E-state index is 8.79. The number of nitrogens with two attached hydrogens (primary N) is 1. The number of nitrogens with zero attached hydrogens (tertiary/aromatic N) is 1. The Bertz CT molecular complexity index is 79.1.